The highest BCUT2D eigenvalue weighted by molar-refractivity contribution is 7.86. The zero-order chi connectivity index (χ0) is 17.5. The molecule has 0 N–H and O–H groups in total. The SMILES string of the molecule is CN(C)S(=O)(=O)N1C[C@H]2CC[C@@H](C1)N(Cc1c(F)cccc1Cl)C2. The molecule has 0 radical (unpaired) electrons. The molecule has 3 saturated heterocycles. The van der Waals surface area contributed by atoms with Gasteiger partial charge in [0.05, 0.1) is 0 Å². The summed E-state index contributed by atoms with van der Waals surface area (Å²) >= 11 is 6.15. The number of nitrogens with zero attached hydrogens (tertiary/aromatic N) is 3. The third-order valence-corrected chi connectivity index (χ3v) is 7.23. The highest BCUT2D eigenvalue weighted by Gasteiger charge is 2.39. The molecule has 3 aliphatic rings. The number of hydrogen-bond acceptors (Lipinski definition) is 3. The molecule has 3 heterocycles. The van der Waals surface area contributed by atoms with E-state index < -0.39 is 10.2 Å². The summed E-state index contributed by atoms with van der Waals surface area (Å²) in [6.45, 7) is 2.17. The molecule has 1 aromatic carbocycles. The van der Waals surface area contributed by atoms with Gasteiger partial charge in [-0.25, -0.2) is 4.39 Å². The third-order valence-electron chi connectivity index (χ3n) is 5.00. The summed E-state index contributed by atoms with van der Waals surface area (Å²) in [6.07, 6.45) is 1.93. The molecular weight excluding hydrogens is 353 g/mol. The number of rotatable bonds is 4. The molecule has 2 atom stereocenters. The molecule has 4 rings (SSSR count). The van der Waals surface area contributed by atoms with Crippen LogP contribution in [0.3, 0.4) is 0 Å². The molecule has 134 valence electrons. The number of benzene rings is 1. The van der Waals surface area contributed by atoms with Crippen molar-refractivity contribution in [3.63, 3.8) is 0 Å². The Morgan fingerprint density at radius 3 is 2.67 bits per heavy atom. The molecular formula is C16H23ClFN3O2S. The second-order valence-electron chi connectivity index (χ2n) is 6.83. The highest BCUT2D eigenvalue weighted by Crippen LogP contribution is 2.32. The van der Waals surface area contributed by atoms with Gasteiger partial charge in [0.2, 0.25) is 0 Å². The van der Waals surface area contributed by atoms with Crippen molar-refractivity contribution in [3.8, 4) is 0 Å². The van der Waals surface area contributed by atoms with Crippen LogP contribution in [0.4, 0.5) is 4.39 Å². The fourth-order valence-electron chi connectivity index (χ4n) is 3.64. The minimum absolute atomic E-state index is 0.0918. The molecule has 0 saturated carbocycles. The fraction of sp³-hybridized carbons (Fsp3) is 0.625. The van der Waals surface area contributed by atoms with Gasteiger partial charge in [-0.15, -0.1) is 0 Å². The lowest BCUT2D eigenvalue weighted by molar-refractivity contribution is 0.124. The van der Waals surface area contributed by atoms with Crippen LogP contribution in [0, 0.1) is 11.7 Å². The van der Waals surface area contributed by atoms with Crippen LogP contribution in [0.5, 0.6) is 0 Å². The zero-order valence-electron chi connectivity index (χ0n) is 14.0. The summed E-state index contributed by atoms with van der Waals surface area (Å²) in [5.74, 6) is -0.0376. The zero-order valence-corrected chi connectivity index (χ0v) is 15.5. The Kier molecular flexibility index (Phi) is 5.18. The molecule has 3 aliphatic heterocycles. The normalized spacial score (nSPS) is 26.0. The van der Waals surface area contributed by atoms with Crippen LogP contribution in [0.25, 0.3) is 0 Å². The topological polar surface area (TPSA) is 43.9 Å². The van der Waals surface area contributed by atoms with E-state index in [9.17, 15) is 12.8 Å². The second-order valence-corrected chi connectivity index (χ2v) is 9.38. The van der Waals surface area contributed by atoms with E-state index in [1.54, 1.807) is 30.5 Å². The van der Waals surface area contributed by atoms with Gasteiger partial charge in [0, 0.05) is 56.9 Å². The number of piperidine rings is 1. The van der Waals surface area contributed by atoms with Crippen molar-refractivity contribution in [1.29, 1.82) is 0 Å². The Balaban J connectivity index is 1.82. The fourth-order valence-corrected chi connectivity index (χ4v) is 5.08. The van der Waals surface area contributed by atoms with Gasteiger partial charge in [-0.3, -0.25) is 4.90 Å². The molecule has 3 fully saturated rings. The molecule has 1 aromatic rings. The Morgan fingerprint density at radius 2 is 2.00 bits per heavy atom. The van der Waals surface area contributed by atoms with Gasteiger partial charge in [0.1, 0.15) is 5.82 Å². The average Bonchev–Trinajstić information content (AvgIpc) is 2.83. The standard InChI is InChI=1S/C16H23ClFN3O2S/c1-19(2)24(22,23)21-9-12-6-7-13(10-21)20(8-12)11-14-15(17)4-3-5-16(14)18/h3-5,12-13H,6-11H2,1-2H3/t12-,13-/m0/s1. The van der Waals surface area contributed by atoms with Crippen molar-refractivity contribution in [2.45, 2.75) is 25.4 Å². The van der Waals surface area contributed by atoms with Crippen molar-refractivity contribution in [2.75, 3.05) is 33.7 Å². The van der Waals surface area contributed by atoms with Gasteiger partial charge in [-0.2, -0.15) is 17.0 Å². The lowest BCUT2D eigenvalue weighted by atomic mass is 9.94. The van der Waals surface area contributed by atoms with E-state index in [0.717, 1.165) is 19.4 Å². The minimum Gasteiger partial charge on any atom is -0.294 e. The van der Waals surface area contributed by atoms with Crippen molar-refractivity contribution >= 4 is 21.8 Å². The monoisotopic (exact) mass is 375 g/mol. The van der Waals surface area contributed by atoms with E-state index in [0.29, 0.717) is 30.2 Å². The van der Waals surface area contributed by atoms with Crippen molar-refractivity contribution in [2.24, 2.45) is 5.92 Å². The van der Waals surface area contributed by atoms with Crippen LogP contribution in [-0.4, -0.2) is 61.7 Å². The van der Waals surface area contributed by atoms with E-state index in [-0.39, 0.29) is 17.8 Å². The van der Waals surface area contributed by atoms with E-state index in [2.05, 4.69) is 4.90 Å². The molecule has 0 amide bonds. The lowest BCUT2D eigenvalue weighted by Gasteiger charge is -2.36. The molecule has 8 heteroatoms. The molecule has 0 spiro atoms. The van der Waals surface area contributed by atoms with Gasteiger partial charge in [0.15, 0.2) is 0 Å². The Labute approximate surface area is 148 Å². The van der Waals surface area contributed by atoms with Gasteiger partial charge in [-0.05, 0) is 30.9 Å². The summed E-state index contributed by atoms with van der Waals surface area (Å²) in [7, 11) is -0.313. The summed E-state index contributed by atoms with van der Waals surface area (Å²) in [5, 5.41) is 0.424. The Bertz CT molecular complexity index is 693. The molecule has 0 aromatic heterocycles. The van der Waals surface area contributed by atoms with Crippen LogP contribution in [0.15, 0.2) is 18.2 Å². The largest absolute Gasteiger partial charge is 0.294 e. The first-order valence-electron chi connectivity index (χ1n) is 8.13. The van der Waals surface area contributed by atoms with E-state index in [1.165, 1.54) is 10.4 Å². The smallest absolute Gasteiger partial charge is 0.281 e. The molecule has 5 nitrogen and oxygen atoms in total. The number of halogens is 2. The number of fused-ring (bicyclic) bond motifs is 4. The Hall–Kier alpha value is -0.730. The third kappa shape index (κ3) is 3.46. The first-order valence-corrected chi connectivity index (χ1v) is 9.91. The predicted molar refractivity (Wildman–Crippen MR) is 92.5 cm³/mol. The van der Waals surface area contributed by atoms with Gasteiger partial charge in [-0.1, -0.05) is 17.7 Å². The van der Waals surface area contributed by atoms with Gasteiger partial charge < -0.3 is 0 Å². The molecule has 24 heavy (non-hydrogen) atoms. The summed E-state index contributed by atoms with van der Waals surface area (Å²) in [5.41, 5.74) is 0.494. The summed E-state index contributed by atoms with van der Waals surface area (Å²) < 4.78 is 41.9. The van der Waals surface area contributed by atoms with Crippen molar-refractivity contribution in [1.82, 2.24) is 13.5 Å². The van der Waals surface area contributed by atoms with E-state index in [1.807, 2.05) is 0 Å². The molecule has 0 unspecified atom stereocenters. The highest BCUT2D eigenvalue weighted by atomic mass is 35.5. The number of hydrogen-bond donors (Lipinski definition) is 0. The maximum atomic E-state index is 14.1. The first kappa shape index (κ1) is 18.1. The van der Waals surface area contributed by atoms with Crippen LogP contribution in [0.1, 0.15) is 18.4 Å². The van der Waals surface area contributed by atoms with Crippen LogP contribution < -0.4 is 0 Å². The van der Waals surface area contributed by atoms with Gasteiger partial charge >= 0.3 is 0 Å². The minimum atomic E-state index is -3.42. The summed E-state index contributed by atoms with van der Waals surface area (Å²) in [4.78, 5) is 2.18. The van der Waals surface area contributed by atoms with Crippen LogP contribution in [0.2, 0.25) is 5.02 Å². The molecule has 0 aliphatic carbocycles. The second kappa shape index (κ2) is 6.88. The van der Waals surface area contributed by atoms with Gasteiger partial charge in [0.25, 0.3) is 10.2 Å². The average molecular weight is 376 g/mol. The predicted octanol–water partition coefficient (Wildman–Crippen LogP) is 2.18. The maximum Gasteiger partial charge on any atom is 0.281 e. The van der Waals surface area contributed by atoms with Crippen LogP contribution in [-0.2, 0) is 16.8 Å². The quantitative estimate of drug-likeness (QED) is 0.810. The molecule has 2 bridgehead atoms. The first-order chi connectivity index (χ1) is 11.3. The lowest BCUT2D eigenvalue weighted by Crippen LogP contribution is -2.46. The van der Waals surface area contributed by atoms with E-state index in [4.69, 9.17) is 11.6 Å². The van der Waals surface area contributed by atoms with E-state index >= 15 is 0 Å². The van der Waals surface area contributed by atoms with Crippen molar-refractivity contribution < 1.29 is 12.8 Å². The maximum absolute atomic E-state index is 14.1. The van der Waals surface area contributed by atoms with Crippen molar-refractivity contribution in [3.05, 3.63) is 34.6 Å². The summed E-state index contributed by atoms with van der Waals surface area (Å²) in [6, 6.07) is 4.80. The van der Waals surface area contributed by atoms with Crippen LogP contribution >= 0.6 is 11.6 Å². The Morgan fingerprint density at radius 1 is 1.25 bits per heavy atom.